The van der Waals surface area contributed by atoms with Crippen LogP contribution in [0.4, 0.5) is 34.1 Å². The number of carbonyl (C=O) groups excluding carboxylic acids is 2. The molecule has 0 atom stereocenters. The molecule has 0 fully saturated rings. The van der Waals surface area contributed by atoms with Gasteiger partial charge in [0.05, 0.1) is 31.0 Å². The van der Waals surface area contributed by atoms with Crippen molar-refractivity contribution in [1.82, 2.24) is 0 Å². The van der Waals surface area contributed by atoms with Gasteiger partial charge in [0.15, 0.2) is 0 Å². The number of nitro benzene ring substituents is 2. The lowest BCUT2D eigenvalue weighted by Gasteiger charge is -2.16. The predicted molar refractivity (Wildman–Crippen MR) is 174 cm³/mol. The summed E-state index contributed by atoms with van der Waals surface area (Å²) in [5, 5.41) is 27.2. The molecule has 4 aromatic rings. The Morgan fingerprint density at radius 1 is 0.458 bits per heavy atom. The van der Waals surface area contributed by atoms with Crippen LogP contribution >= 0.6 is 0 Å². The third-order valence-electron chi connectivity index (χ3n) is 6.63. The van der Waals surface area contributed by atoms with Crippen LogP contribution in [0, 0.1) is 20.2 Å². The number of allylic oxidation sites excluding steroid dienone is 2. The Kier molecular flexibility index (Phi) is 9.03. The quantitative estimate of drug-likeness (QED) is 0.0910. The molecule has 0 radical (unpaired) electrons. The number of nitrogens with one attached hydrogen (secondary N) is 4. The molecule has 0 saturated heterocycles. The van der Waals surface area contributed by atoms with Crippen LogP contribution in [0.25, 0.3) is 0 Å². The van der Waals surface area contributed by atoms with E-state index < -0.39 is 41.5 Å². The van der Waals surface area contributed by atoms with Crippen LogP contribution in [0.1, 0.15) is 0 Å². The Bertz CT molecular complexity index is 2060. The van der Waals surface area contributed by atoms with Crippen molar-refractivity contribution in [3.8, 4) is 0 Å². The molecule has 0 saturated carbocycles. The Labute approximate surface area is 272 Å². The van der Waals surface area contributed by atoms with E-state index in [-0.39, 0.29) is 43.9 Å². The number of anilines is 4. The van der Waals surface area contributed by atoms with Crippen molar-refractivity contribution in [3.05, 3.63) is 141 Å². The first-order valence-corrected chi connectivity index (χ1v) is 16.5. The SMILES string of the molecule is O=C1C=C(Nc2ccc(S(=O)(=O)Nc3ccc([N+](=O)[O-])cc3)cc2)C(=O)C=C1Nc1ccc(S(=O)(=O)Nc2ccc([N+](=O)[O-])cc2)cc1. The highest BCUT2D eigenvalue weighted by atomic mass is 32.2. The lowest BCUT2D eigenvalue weighted by Crippen LogP contribution is -2.22. The maximum Gasteiger partial charge on any atom is 0.269 e. The number of nitro groups is 2. The van der Waals surface area contributed by atoms with Gasteiger partial charge in [-0.1, -0.05) is 0 Å². The van der Waals surface area contributed by atoms with Gasteiger partial charge in [0.2, 0.25) is 11.6 Å². The number of nitrogens with zero attached hydrogens (tertiary/aromatic N) is 2. The first-order chi connectivity index (χ1) is 22.7. The van der Waals surface area contributed by atoms with Gasteiger partial charge in [0.1, 0.15) is 0 Å². The van der Waals surface area contributed by atoms with Gasteiger partial charge in [0, 0.05) is 59.2 Å². The summed E-state index contributed by atoms with van der Waals surface area (Å²) >= 11 is 0. The summed E-state index contributed by atoms with van der Waals surface area (Å²) in [5.41, 5.74) is 0.293. The summed E-state index contributed by atoms with van der Waals surface area (Å²) in [5.74, 6) is -1.14. The molecule has 5 rings (SSSR count). The highest BCUT2D eigenvalue weighted by molar-refractivity contribution is 7.93. The maximum atomic E-state index is 12.8. The zero-order valence-corrected chi connectivity index (χ0v) is 25.8. The zero-order valence-electron chi connectivity index (χ0n) is 24.2. The van der Waals surface area contributed by atoms with Crippen molar-refractivity contribution in [1.29, 1.82) is 0 Å². The summed E-state index contributed by atoms with van der Waals surface area (Å²) in [7, 11) is -8.08. The van der Waals surface area contributed by atoms with E-state index in [9.17, 15) is 46.7 Å². The van der Waals surface area contributed by atoms with Crippen molar-refractivity contribution < 1.29 is 36.3 Å². The maximum absolute atomic E-state index is 12.8. The molecule has 0 amide bonds. The van der Waals surface area contributed by atoms with Crippen LogP contribution in [-0.2, 0) is 29.6 Å². The molecule has 0 aliphatic heterocycles. The molecule has 16 nitrogen and oxygen atoms in total. The highest BCUT2D eigenvalue weighted by Gasteiger charge is 2.22. The second kappa shape index (κ2) is 13.1. The molecule has 0 unspecified atom stereocenters. The number of hydrogen-bond donors (Lipinski definition) is 4. The minimum Gasteiger partial charge on any atom is -0.352 e. The normalized spacial score (nSPS) is 13.2. The number of benzene rings is 4. The molecule has 0 aromatic heterocycles. The van der Waals surface area contributed by atoms with Crippen LogP contribution in [0.3, 0.4) is 0 Å². The Morgan fingerprint density at radius 2 is 0.750 bits per heavy atom. The lowest BCUT2D eigenvalue weighted by molar-refractivity contribution is -0.385. The van der Waals surface area contributed by atoms with Crippen LogP contribution in [-0.4, -0.2) is 38.2 Å². The zero-order chi connectivity index (χ0) is 34.6. The van der Waals surface area contributed by atoms with Gasteiger partial charge in [-0.15, -0.1) is 0 Å². The summed E-state index contributed by atoms with van der Waals surface area (Å²) in [4.78, 5) is 45.7. The number of non-ortho nitro benzene ring substituents is 2. The van der Waals surface area contributed by atoms with E-state index in [0.29, 0.717) is 11.4 Å². The van der Waals surface area contributed by atoms with Crippen LogP contribution in [0.15, 0.2) is 130 Å². The molecule has 244 valence electrons. The van der Waals surface area contributed by atoms with Crippen molar-refractivity contribution in [2.45, 2.75) is 9.79 Å². The summed E-state index contributed by atoms with van der Waals surface area (Å²) in [6.07, 6.45) is 2.11. The van der Waals surface area contributed by atoms with Gasteiger partial charge >= 0.3 is 0 Å². The Balaban J connectivity index is 1.19. The first-order valence-electron chi connectivity index (χ1n) is 13.5. The minimum absolute atomic E-state index is 0.0797. The van der Waals surface area contributed by atoms with Gasteiger partial charge < -0.3 is 10.6 Å². The van der Waals surface area contributed by atoms with E-state index in [1.807, 2.05) is 0 Å². The topological polar surface area (TPSA) is 237 Å². The molecular formula is C30H22N6O10S2. The van der Waals surface area contributed by atoms with Gasteiger partial charge in [-0.25, -0.2) is 16.8 Å². The lowest BCUT2D eigenvalue weighted by atomic mass is 10.1. The molecule has 48 heavy (non-hydrogen) atoms. The van der Waals surface area contributed by atoms with Crippen molar-refractivity contribution in [3.63, 3.8) is 0 Å². The van der Waals surface area contributed by atoms with E-state index in [1.54, 1.807) is 0 Å². The first kappa shape index (κ1) is 33.0. The van der Waals surface area contributed by atoms with Gasteiger partial charge in [-0.05, 0) is 72.8 Å². The van der Waals surface area contributed by atoms with Crippen LogP contribution in [0.5, 0.6) is 0 Å². The number of sulfonamides is 2. The summed E-state index contributed by atoms with van der Waals surface area (Å²) in [6, 6.07) is 20.2. The molecule has 0 spiro atoms. The average Bonchev–Trinajstić information content (AvgIpc) is 3.04. The largest absolute Gasteiger partial charge is 0.352 e. The van der Waals surface area contributed by atoms with E-state index >= 15 is 0 Å². The van der Waals surface area contributed by atoms with Gasteiger partial charge in [0.25, 0.3) is 31.4 Å². The van der Waals surface area contributed by atoms with E-state index in [1.165, 1.54) is 72.8 Å². The molecule has 18 heteroatoms. The Morgan fingerprint density at radius 3 is 1.04 bits per heavy atom. The van der Waals surface area contributed by atoms with E-state index in [2.05, 4.69) is 20.1 Å². The standard InChI is InChI=1S/C30H22N6O10S2/c37-29-18-28(32-20-7-15-26(16-8-20)48(45,46)34-22-3-11-24(12-4-22)36(41)42)30(38)17-27(29)31-19-5-13-25(14-6-19)47(43,44)33-21-1-9-23(10-2-21)35(39)40/h1-18,31-34H. The Hall–Kier alpha value is -6.40. The van der Waals surface area contributed by atoms with Crippen molar-refractivity contribution in [2.24, 2.45) is 0 Å². The fourth-order valence-electron chi connectivity index (χ4n) is 4.23. The monoisotopic (exact) mass is 690 g/mol. The summed E-state index contributed by atoms with van der Waals surface area (Å²) in [6.45, 7) is 0. The fraction of sp³-hybridized carbons (Fsp3) is 0. The van der Waals surface area contributed by atoms with Gasteiger partial charge in [-0.2, -0.15) is 0 Å². The van der Waals surface area contributed by atoms with E-state index in [0.717, 1.165) is 36.4 Å². The summed E-state index contributed by atoms with van der Waals surface area (Å²) < 4.78 is 55.6. The van der Waals surface area contributed by atoms with Crippen molar-refractivity contribution in [2.75, 3.05) is 20.1 Å². The van der Waals surface area contributed by atoms with Crippen LogP contribution < -0.4 is 20.1 Å². The highest BCUT2D eigenvalue weighted by Crippen LogP contribution is 2.24. The third-order valence-corrected chi connectivity index (χ3v) is 9.42. The molecule has 4 N–H and O–H groups in total. The second-order valence-electron chi connectivity index (χ2n) is 9.96. The molecule has 0 heterocycles. The number of ketones is 2. The van der Waals surface area contributed by atoms with Crippen LogP contribution in [0.2, 0.25) is 0 Å². The minimum atomic E-state index is -4.04. The fourth-order valence-corrected chi connectivity index (χ4v) is 6.35. The van der Waals surface area contributed by atoms with Gasteiger partial charge in [-0.3, -0.25) is 39.3 Å². The number of carbonyl (C=O) groups is 2. The molecule has 0 bridgehead atoms. The van der Waals surface area contributed by atoms with E-state index in [4.69, 9.17) is 0 Å². The average molecular weight is 691 g/mol. The predicted octanol–water partition coefficient (Wildman–Crippen LogP) is 4.55. The third kappa shape index (κ3) is 7.69. The number of rotatable bonds is 12. The molecule has 1 aliphatic rings. The number of hydrogen-bond acceptors (Lipinski definition) is 12. The van der Waals surface area contributed by atoms with Crippen molar-refractivity contribution >= 4 is 65.7 Å². The smallest absolute Gasteiger partial charge is 0.269 e. The molecular weight excluding hydrogens is 668 g/mol. The second-order valence-corrected chi connectivity index (χ2v) is 13.3. The molecule has 1 aliphatic carbocycles. The molecule has 4 aromatic carbocycles.